The van der Waals surface area contributed by atoms with Crippen molar-refractivity contribution in [1.29, 1.82) is 5.41 Å². The molecule has 210 valence electrons. The molecule has 6 atom stereocenters. The highest BCUT2D eigenvalue weighted by molar-refractivity contribution is 6.76. The topological polar surface area (TPSA) is 174 Å². The summed E-state index contributed by atoms with van der Waals surface area (Å²) >= 11 is 17.2. The molecule has 2 aromatic carbocycles. The van der Waals surface area contributed by atoms with Crippen LogP contribution in [0.3, 0.4) is 0 Å². The summed E-state index contributed by atoms with van der Waals surface area (Å²) < 4.78 is 31.8. The fourth-order valence-electron chi connectivity index (χ4n) is 3.97. The van der Waals surface area contributed by atoms with Crippen molar-refractivity contribution in [1.82, 2.24) is 0 Å². The van der Waals surface area contributed by atoms with Crippen LogP contribution in [0.5, 0.6) is 17.2 Å². The Bertz CT molecular complexity index is 1220. The molecule has 12 nitrogen and oxygen atoms in total. The summed E-state index contributed by atoms with van der Waals surface area (Å²) in [7, 11) is 0. The molecule has 2 aliphatic rings. The third-order valence-corrected chi connectivity index (χ3v) is 6.21. The fraction of sp³-hybridized carbons (Fsp3) is 0.375. The second-order valence-corrected chi connectivity index (χ2v) is 10.8. The van der Waals surface area contributed by atoms with Crippen LogP contribution < -0.4 is 0 Å². The molecule has 2 aliphatic heterocycles. The molecule has 0 spiro atoms. The molecule has 0 bridgehead atoms. The van der Waals surface area contributed by atoms with E-state index in [0.717, 1.165) is 19.1 Å². The summed E-state index contributed by atoms with van der Waals surface area (Å²) in [5.41, 5.74) is 0.278. The first-order chi connectivity index (χ1) is 18.3. The van der Waals surface area contributed by atoms with Crippen molar-refractivity contribution in [3.8, 4) is 17.2 Å². The van der Waals surface area contributed by atoms with E-state index in [0.29, 0.717) is 5.56 Å². The minimum absolute atomic E-state index is 0.104. The van der Waals surface area contributed by atoms with Crippen LogP contribution in [0.2, 0.25) is 0 Å². The van der Waals surface area contributed by atoms with E-state index in [1.54, 1.807) is 30.3 Å². The molecule has 2 heterocycles. The summed E-state index contributed by atoms with van der Waals surface area (Å²) in [5.74, 6) is -5.22. The highest BCUT2D eigenvalue weighted by Gasteiger charge is 2.55. The van der Waals surface area contributed by atoms with Crippen molar-refractivity contribution >= 4 is 52.6 Å². The molecule has 2 fully saturated rings. The number of fused-ring (bicyclic) bond motifs is 1. The van der Waals surface area contributed by atoms with Crippen LogP contribution in [0, 0.1) is 5.41 Å². The number of rotatable bonds is 5. The molecule has 0 amide bonds. The Balaban J connectivity index is 1.70. The predicted molar refractivity (Wildman–Crippen MR) is 134 cm³/mol. The normalized spacial score (nSPS) is 26.7. The summed E-state index contributed by atoms with van der Waals surface area (Å²) in [5, 5.41) is 37.3. The van der Waals surface area contributed by atoms with E-state index in [-0.39, 0.29) is 12.2 Å². The van der Waals surface area contributed by atoms with Crippen LogP contribution in [-0.2, 0) is 33.2 Å². The predicted octanol–water partition coefficient (Wildman–Crippen LogP) is 3.46. The zero-order valence-corrected chi connectivity index (χ0v) is 22.2. The molecule has 4 N–H and O–H groups in total. The lowest BCUT2D eigenvalue weighted by atomic mass is 9.97. The third-order valence-electron chi connectivity index (χ3n) is 5.70. The van der Waals surface area contributed by atoms with Gasteiger partial charge in [0.1, 0.15) is 12.2 Å². The van der Waals surface area contributed by atoms with Crippen molar-refractivity contribution < 1.29 is 53.3 Å². The number of ether oxygens (including phenoxy) is 6. The van der Waals surface area contributed by atoms with Gasteiger partial charge in [-0.25, -0.2) is 4.79 Å². The Morgan fingerprint density at radius 3 is 2.21 bits per heavy atom. The van der Waals surface area contributed by atoms with Gasteiger partial charge in [-0.3, -0.25) is 10.2 Å². The molecule has 4 rings (SSSR count). The molecular formula is C24H22Cl3NO11. The van der Waals surface area contributed by atoms with Gasteiger partial charge in [-0.1, -0.05) is 65.1 Å². The van der Waals surface area contributed by atoms with Gasteiger partial charge in [0, 0.05) is 12.5 Å². The summed E-state index contributed by atoms with van der Waals surface area (Å²) in [6, 6.07) is 10.5. The van der Waals surface area contributed by atoms with Gasteiger partial charge in [0.25, 0.3) is 3.79 Å². The molecule has 15 heteroatoms. The van der Waals surface area contributed by atoms with Gasteiger partial charge in [-0.2, -0.15) is 0 Å². The van der Waals surface area contributed by atoms with E-state index in [4.69, 9.17) is 68.6 Å². The molecule has 0 radical (unpaired) electrons. The van der Waals surface area contributed by atoms with Crippen LogP contribution in [0.1, 0.15) is 29.1 Å². The number of hydrogen-bond acceptors (Lipinski definition) is 12. The van der Waals surface area contributed by atoms with Gasteiger partial charge >= 0.3 is 11.9 Å². The smallest absolute Gasteiger partial charge is 0.338 e. The first kappa shape index (κ1) is 29.0. The highest BCUT2D eigenvalue weighted by atomic mass is 35.6. The zero-order valence-electron chi connectivity index (χ0n) is 20.0. The second-order valence-electron chi connectivity index (χ2n) is 8.47. The Hall–Kier alpha value is -3.00. The number of esters is 2. The Morgan fingerprint density at radius 1 is 0.974 bits per heavy atom. The number of nitrogens with one attached hydrogen (secondary N) is 1. The van der Waals surface area contributed by atoms with Crippen LogP contribution in [0.25, 0.3) is 0 Å². The lowest BCUT2D eigenvalue weighted by molar-refractivity contribution is -0.351. The Kier molecular flexibility index (Phi) is 8.64. The van der Waals surface area contributed by atoms with Crippen molar-refractivity contribution in [2.45, 2.75) is 47.7 Å². The number of carbonyl (C=O) groups excluding carboxylic acids is 2. The summed E-state index contributed by atoms with van der Waals surface area (Å²) in [6.45, 7) is 0.975. The molecule has 0 aliphatic carbocycles. The van der Waals surface area contributed by atoms with Crippen molar-refractivity contribution in [2.75, 3.05) is 6.61 Å². The highest BCUT2D eigenvalue weighted by Crippen LogP contribution is 2.40. The standard InChI is InChI=1S/C24H22Cl3NO11/c1-10(29)35-19-18(37-20(33)12-7-13(30)16(32)14(31)8-12)17-15(36-22(19)39-23(28)24(25,26)27)9-34-21(38-17)11-5-3-2-4-6-11/h2-8,15,17-19,21-22,28,30-32H,9H2,1H3. The maximum absolute atomic E-state index is 13.1. The average molecular weight is 607 g/mol. The van der Waals surface area contributed by atoms with Crippen LogP contribution in [0.4, 0.5) is 0 Å². The van der Waals surface area contributed by atoms with Gasteiger partial charge in [0.2, 0.25) is 18.3 Å². The van der Waals surface area contributed by atoms with E-state index in [9.17, 15) is 24.9 Å². The SMILES string of the molecule is CC(=O)OC1C(OC(=N)C(Cl)(Cl)Cl)OC2COC(c3ccccc3)OC2C1OC(=O)c1cc(O)c(O)c(O)c1. The molecule has 0 saturated carbocycles. The maximum atomic E-state index is 13.1. The quantitative estimate of drug-likeness (QED) is 0.129. The van der Waals surface area contributed by atoms with Crippen LogP contribution in [-0.4, -0.2) is 74.3 Å². The number of phenolic OH excluding ortho intramolecular Hbond substituents is 3. The lowest BCUT2D eigenvalue weighted by Gasteiger charge is -2.48. The number of alkyl halides is 3. The van der Waals surface area contributed by atoms with Gasteiger partial charge in [-0.15, -0.1) is 0 Å². The van der Waals surface area contributed by atoms with E-state index < -0.39 is 75.9 Å². The van der Waals surface area contributed by atoms with Gasteiger partial charge < -0.3 is 43.7 Å². The first-order valence-electron chi connectivity index (χ1n) is 11.3. The van der Waals surface area contributed by atoms with Crippen molar-refractivity contribution in [3.63, 3.8) is 0 Å². The maximum Gasteiger partial charge on any atom is 0.338 e. The molecule has 2 aromatic rings. The van der Waals surface area contributed by atoms with Gasteiger partial charge in [0.05, 0.1) is 12.2 Å². The van der Waals surface area contributed by atoms with E-state index >= 15 is 0 Å². The summed E-state index contributed by atoms with van der Waals surface area (Å²) in [4.78, 5) is 25.2. The third kappa shape index (κ3) is 6.60. The lowest BCUT2D eigenvalue weighted by Crippen LogP contribution is -2.64. The molecule has 0 aromatic heterocycles. The number of hydrogen-bond donors (Lipinski definition) is 4. The zero-order chi connectivity index (χ0) is 28.5. The number of carbonyl (C=O) groups is 2. The number of phenols is 3. The van der Waals surface area contributed by atoms with Gasteiger partial charge in [-0.05, 0) is 12.1 Å². The Labute approximate surface area is 236 Å². The average Bonchev–Trinajstić information content (AvgIpc) is 2.88. The van der Waals surface area contributed by atoms with E-state index in [1.165, 1.54) is 0 Å². The molecule has 2 saturated heterocycles. The summed E-state index contributed by atoms with van der Waals surface area (Å²) in [6.07, 6.45) is -7.63. The van der Waals surface area contributed by atoms with Gasteiger partial charge in [0.15, 0.2) is 29.6 Å². The number of benzene rings is 2. The second kappa shape index (κ2) is 11.6. The van der Waals surface area contributed by atoms with Crippen molar-refractivity contribution in [2.24, 2.45) is 0 Å². The van der Waals surface area contributed by atoms with Crippen LogP contribution >= 0.6 is 34.8 Å². The molecular weight excluding hydrogens is 585 g/mol. The fourth-order valence-corrected chi connectivity index (χ4v) is 4.10. The largest absolute Gasteiger partial charge is 0.504 e. The number of aromatic hydroxyl groups is 3. The molecule has 6 unspecified atom stereocenters. The minimum Gasteiger partial charge on any atom is -0.504 e. The molecule has 39 heavy (non-hydrogen) atoms. The van der Waals surface area contributed by atoms with E-state index in [1.807, 2.05) is 0 Å². The van der Waals surface area contributed by atoms with Crippen LogP contribution in [0.15, 0.2) is 42.5 Å². The monoisotopic (exact) mass is 605 g/mol. The van der Waals surface area contributed by atoms with Crippen molar-refractivity contribution in [3.05, 3.63) is 53.6 Å². The number of halogens is 3. The first-order valence-corrected chi connectivity index (χ1v) is 12.4. The minimum atomic E-state index is -2.30. The Morgan fingerprint density at radius 2 is 1.62 bits per heavy atom. The van der Waals surface area contributed by atoms with E-state index in [2.05, 4.69) is 0 Å².